The maximum absolute atomic E-state index is 9.78. The Hall–Kier alpha value is -1.96. The molecule has 0 amide bonds. The van der Waals surface area contributed by atoms with Gasteiger partial charge in [0, 0.05) is 12.0 Å². The lowest BCUT2D eigenvalue weighted by molar-refractivity contribution is 0.357. The number of aromatic hydroxyl groups is 1. The standard InChI is InChI=1S/C14H12O2/c15-13-4-2-1-3-12(13)10-5-6-14-11(9-10)7-8-16-14/h1-6,9,15H,7-8H2. The van der Waals surface area contributed by atoms with Crippen LogP contribution in [0.25, 0.3) is 11.1 Å². The molecular weight excluding hydrogens is 200 g/mol. The summed E-state index contributed by atoms with van der Waals surface area (Å²) in [5.41, 5.74) is 3.14. The average Bonchev–Trinajstić information content (AvgIpc) is 2.76. The van der Waals surface area contributed by atoms with Crippen molar-refractivity contribution < 1.29 is 9.84 Å². The Morgan fingerprint density at radius 2 is 1.94 bits per heavy atom. The molecule has 2 aromatic rings. The van der Waals surface area contributed by atoms with Gasteiger partial charge in [-0.1, -0.05) is 24.3 Å². The van der Waals surface area contributed by atoms with E-state index in [-0.39, 0.29) is 0 Å². The second-order valence-electron chi connectivity index (χ2n) is 3.94. The van der Waals surface area contributed by atoms with Crippen LogP contribution in [0, 0.1) is 0 Å². The molecule has 3 rings (SSSR count). The second-order valence-corrected chi connectivity index (χ2v) is 3.94. The van der Waals surface area contributed by atoms with Crippen molar-refractivity contribution in [3.63, 3.8) is 0 Å². The van der Waals surface area contributed by atoms with E-state index in [0.717, 1.165) is 29.9 Å². The SMILES string of the molecule is Oc1ccccc1-c1ccc2c(c1)CCO2. The first-order chi connectivity index (χ1) is 7.84. The van der Waals surface area contributed by atoms with Gasteiger partial charge in [-0.2, -0.15) is 0 Å². The number of para-hydroxylation sites is 1. The molecule has 16 heavy (non-hydrogen) atoms. The maximum atomic E-state index is 9.78. The van der Waals surface area contributed by atoms with E-state index in [1.165, 1.54) is 5.56 Å². The van der Waals surface area contributed by atoms with E-state index in [9.17, 15) is 5.11 Å². The molecule has 0 aliphatic carbocycles. The molecule has 2 nitrogen and oxygen atoms in total. The third kappa shape index (κ3) is 1.43. The minimum Gasteiger partial charge on any atom is -0.507 e. The van der Waals surface area contributed by atoms with Crippen molar-refractivity contribution in [1.82, 2.24) is 0 Å². The Labute approximate surface area is 94.1 Å². The summed E-state index contributed by atoms with van der Waals surface area (Å²) in [6, 6.07) is 13.4. The summed E-state index contributed by atoms with van der Waals surface area (Å²) in [4.78, 5) is 0. The van der Waals surface area contributed by atoms with Gasteiger partial charge in [-0.15, -0.1) is 0 Å². The summed E-state index contributed by atoms with van der Waals surface area (Å²) in [6.07, 6.45) is 0.955. The molecule has 1 heterocycles. The van der Waals surface area contributed by atoms with Gasteiger partial charge in [-0.25, -0.2) is 0 Å². The van der Waals surface area contributed by atoms with Crippen LogP contribution in [0.15, 0.2) is 42.5 Å². The smallest absolute Gasteiger partial charge is 0.123 e. The molecule has 0 radical (unpaired) electrons. The third-order valence-corrected chi connectivity index (χ3v) is 2.90. The van der Waals surface area contributed by atoms with Crippen molar-refractivity contribution in [2.45, 2.75) is 6.42 Å². The Bertz CT molecular complexity index is 532. The Morgan fingerprint density at radius 1 is 1.06 bits per heavy atom. The first-order valence-electron chi connectivity index (χ1n) is 5.39. The zero-order valence-corrected chi connectivity index (χ0v) is 8.81. The van der Waals surface area contributed by atoms with Crippen molar-refractivity contribution in [3.05, 3.63) is 48.0 Å². The Kier molecular flexibility index (Phi) is 2.07. The predicted molar refractivity (Wildman–Crippen MR) is 62.7 cm³/mol. The van der Waals surface area contributed by atoms with Crippen molar-refractivity contribution in [1.29, 1.82) is 0 Å². The number of rotatable bonds is 1. The van der Waals surface area contributed by atoms with Crippen LogP contribution in [-0.4, -0.2) is 11.7 Å². The Balaban J connectivity index is 2.11. The van der Waals surface area contributed by atoms with Crippen molar-refractivity contribution in [2.75, 3.05) is 6.61 Å². The molecule has 0 saturated heterocycles. The summed E-state index contributed by atoms with van der Waals surface area (Å²) >= 11 is 0. The quantitative estimate of drug-likeness (QED) is 0.787. The van der Waals surface area contributed by atoms with E-state index >= 15 is 0 Å². The van der Waals surface area contributed by atoms with Gasteiger partial charge in [0.25, 0.3) is 0 Å². The molecule has 2 heteroatoms. The van der Waals surface area contributed by atoms with Crippen LogP contribution in [0.4, 0.5) is 0 Å². The van der Waals surface area contributed by atoms with Crippen LogP contribution in [0.2, 0.25) is 0 Å². The molecule has 1 aliphatic heterocycles. The summed E-state index contributed by atoms with van der Waals surface area (Å²) in [7, 11) is 0. The fraction of sp³-hybridized carbons (Fsp3) is 0.143. The lowest BCUT2D eigenvalue weighted by Crippen LogP contribution is -1.85. The van der Waals surface area contributed by atoms with E-state index in [4.69, 9.17) is 4.74 Å². The number of phenols is 1. The minimum absolute atomic E-state index is 0.321. The molecule has 0 unspecified atom stereocenters. The first-order valence-corrected chi connectivity index (χ1v) is 5.39. The van der Waals surface area contributed by atoms with Crippen LogP contribution in [0.3, 0.4) is 0 Å². The number of fused-ring (bicyclic) bond motifs is 1. The van der Waals surface area contributed by atoms with Gasteiger partial charge < -0.3 is 9.84 Å². The van der Waals surface area contributed by atoms with Crippen LogP contribution < -0.4 is 4.74 Å². The lowest BCUT2D eigenvalue weighted by atomic mass is 10.0. The number of benzene rings is 2. The van der Waals surface area contributed by atoms with Gasteiger partial charge in [-0.05, 0) is 29.3 Å². The van der Waals surface area contributed by atoms with E-state index in [2.05, 4.69) is 6.07 Å². The fourth-order valence-corrected chi connectivity index (χ4v) is 2.07. The number of phenolic OH excluding ortho intramolecular Hbond substituents is 1. The lowest BCUT2D eigenvalue weighted by Gasteiger charge is -2.06. The number of hydrogen-bond donors (Lipinski definition) is 1. The molecule has 2 aromatic carbocycles. The van der Waals surface area contributed by atoms with E-state index in [1.54, 1.807) is 6.07 Å². The van der Waals surface area contributed by atoms with Gasteiger partial charge in [0.15, 0.2) is 0 Å². The molecule has 0 aromatic heterocycles. The van der Waals surface area contributed by atoms with Crippen LogP contribution in [-0.2, 0) is 6.42 Å². The zero-order chi connectivity index (χ0) is 11.0. The molecule has 0 fully saturated rings. The monoisotopic (exact) mass is 212 g/mol. The highest BCUT2D eigenvalue weighted by molar-refractivity contribution is 5.71. The summed E-state index contributed by atoms with van der Waals surface area (Å²) < 4.78 is 5.46. The van der Waals surface area contributed by atoms with E-state index in [0.29, 0.717) is 5.75 Å². The highest BCUT2D eigenvalue weighted by Gasteiger charge is 2.13. The van der Waals surface area contributed by atoms with Gasteiger partial charge >= 0.3 is 0 Å². The van der Waals surface area contributed by atoms with E-state index in [1.807, 2.05) is 30.3 Å². The summed E-state index contributed by atoms with van der Waals surface area (Å²) in [5.74, 6) is 1.29. The summed E-state index contributed by atoms with van der Waals surface area (Å²) in [5, 5.41) is 9.78. The molecule has 1 N–H and O–H groups in total. The van der Waals surface area contributed by atoms with Crippen LogP contribution >= 0.6 is 0 Å². The Morgan fingerprint density at radius 3 is 2.81 bits per heavy atom. The molecule has 0 spiro atoms. The molecule has 0 bridgehead atoms. The predicted octanol–water partition coefficient (Wildman–Crippen LogP) is 2.99. The number of hydrogen-bond acceptors (Lipinski definition) is 2. The molecular formula is C14H12O2. The largest absolute Gasteiger partial charge is 0.507 e. The van der Waals surface area contributed by atoms with Crippen LogP contribution in [0.1, 0.15) is 5.56 Å². The highest BCUT2D eigenvalue weighted by Crippen LogP contribution is 2.33. The van der Waals surface area contributed by atoms with E-state index < -0.39 is 0 Å². The van der Waals surface area contributed by atoms with Gasteiger partial charge in [0.05, 0.1) is 6.61 Å². The molecule has 80 valence electrons. The first kappa shape index (κ1) is 9.28. The molecule has 0 atom stereocenters. The van der Waals surface area contributed by atoms with Gasteiger partial charge in [-0.3, -0.25) is 0 Å². The van der Waals surface area contributed by atoms with Crippen molar-refractivity contribution >= 4 is 0 Å². The van der Waals surface area contributed by atoms with Crippen molar-refractivity contribution in [2.24, 2.45) is 0 Å². The average molecular weight is 212 g/mol. The van der Waals surface area contributed by atoms with Crippen molar-refractivity contribution in [3.8, 4) is 22.6 Å². The van der Waals surface area contributed by atoms with Gasteiger partial charge in [0.2, 0.25) is 0 Å². The maximum Gasteiger partial charge on any atom is 0.123 e. The fourth-order valence-electron chi connectivity index (χ4n) is 2.07. The van der Waals surface area contributed by atoms with Gasteiger partial charge in [0.1, 0.15) is 11.5 Å². The topological polar surface area (TPSA) is 29.5 Å². The normalized spacial score (nSPS) is 13.2. The minimum atomic E-state index is 0.321. The molecule has 0 saturated carbocycles. The number of ether oxygens (including phenoxy) is 1. The second kappa shape index (κ2) is 3.56. The van der Waals surface area contributed by atoms with Crippen LogP contribution in [0.5, 0.6) is 11.5 Å². The highest BCUT2D eigenvalue weighted by atomic mass is 16.5. The third-order valence-electron chi connectivity index (χ3n) is 2.90. The zero-order valence-electron chi connectivity index (χ0n) is 8.81. The summed E-state index contributed by atoms with van der Waals surface area (Å²) in [6.45, 7) is 0.763. The molecule has 1 aliphatic rings.